The zero-order valence-corrected chi connectivity index (χ0v) is 82.7. The van der Waals surface area contributed by atoms with E-state index in [-0.39, 0.29) is 75.2 Å². The lowest BCUT2D eigenvalue weighted by Crippen LogP contribution is -2.44. The van der Waals surface area contributed by atoms with Gasteiger partial charge >= 0.3 is 6.09 Å². The molecule has 0 aliphatic rings. The third-order valence-corrected chi connectivity index (χ3v) is 23.3. The molecule has 6 aromatic heterocycles. The predicted octanol–water partition coefficient (Wildman–Crippen LogP) is 23.2. The minimum absolute atomic E-state index is 0. The van der Waals surface area contributed by atoms with Crippen molar-refractivity contribution >= 4 is 101 Å². The molecule has 0 radical (unpaired) electrons. The number of fused-ring (bicyclic) bond motifs is 6. The number of aromatic nitrogens is 12. The topological polar surface area (TPSA) is 286 Å². The Labute approximate surface area is 838 Å². The van der Waals surface area contributed by atoms with E-state index in [4.69, 9.17) is 29.7 Å². The number of rotatable bonds is 22. The molecule has 0 saturated heterocycles. The highest BCUT2D eigenvalue weighted by Gasteiger charge is 2.37. The molecule has 6 heterocycles. The second-order valence-electron chi connectivity index (χ2n) is 34.9. The van der Waals surface area contributed by atoms with E-state index in [0.717, 1.165) is 116 Å². The van der Waals surface area contributed by atoms with Gasteiger partial charge in [0.05, 0.1) is 85.9 Å². The normalized spacial score (nSPS) is 10.8. The van der Waals surface area contributed by atoms with Crippen molar-refractivity contribution in [2.45, 2.75) is 121 Å². The minimum atomic E-state index is -0.738. The molecule has 0 bridgehead atoms. The Morgan fingerprint density at radius 3 is 0.867 bits per heavy atom. The molecule has 143 heavy (non-hydrogen) atoms. The average Bonchev–Trinajstić information content (AvgIpc) is 0.758. The summed E-state index contributed by atoms with van der Waals surface area (Å²) in [6, 6.07) is 106. The number of likely N-dealkylation sites (N-methyl/N-ethyl adjacent to an activating group) is 3. The fourth-order valence-electron chi connectivity index (χ4n) is 16.0. The number of nitrogens with zero attached hydrogens (tertiary/aromatic N) is 18. The Morgan fingerprint density at radius 2 is 0.545 bits per heavy atom. The van der Waals surface area contributed by atoms with E-state index in [1.54, 1.807) is 47.2 Å². The van der Waals surface area contributed by atoms with Crippen LogP contribution in [0.3, 0.4) is 0 Å². The van der Waals surface area contributed by atoms with Crippen LogP contribution in [0.25, 0.3) is 134 Å². The molecular weight excluding hydrogens is 1780 g/mol. The number of benzene rings is 12. The van der Waals surface area contributed by atoms with E-state index in [2.05, 4.69) is 34.9 Å². The van der Waals surface area contributed by atoms with Gasteiger partial charge in [-0.25, -0.2) is 59.6 Å². The second kappa shape index (κ2) is 50.8. The highest BCUT2D eigenvalue weighted by Crippen LogP contribution is 2.35. The van der Waals surface area contributed by atoms with Crippen molar-refractivity contribution in [2.24, 2.45) is 0 Å². The van der Waals surface area contributed by atoms with E-state index in [1.165, 1.54) is 9.80 Å². The summed E-state index contributed by atoms with van der Waals surface area (Å²) >= 11 is 0. The number of carbonyl (C=O) groups is 6. The maximum absolute atomic E-state index is 13.2. The van der Waals surface area contributed by atoms with E-state index < -0.39 is 11.5 Å². The minimum Gasteiger partial charge on any atom is -0.390 e. The molecule has 18 rings (SSSR count). The molecule has 18 aromatic rings. The molecule has 25 nitrogen and oxygen atoms in total. The van der Waals surface area contributed by atoms with Gasteiger partial charge in [-0.1, -0.05) is 300 Å². The summed E-state index contributed by atoms with van der Waals surface area (Å²) in [5.74, 6) is 4.19. The van der Waals surface area contributed by atoms with Gasteiger partial charge in [-0.05, 0) is 112 Å². The van der Waals surface area contributed by atoms with Crippen LogP contribution in [0.5, 0.6) is 5.88 Å². The monoisotopic (exact) mass is 1910 g/mol. The number of ether oxygens (including phenoxy) is 1. The van der Waals surface area contributed by atoms with Crippen molar-refractivity contribution in [3.63, 3.8) is 0 Å². The highest BCUT2D eigenvalue weighted by molar-refractivity contribution is 6.05. The van der Waals surface area contributed by atoms with Gasteiger partial charge in [-0.2, -0.15) is 4.98 Å². The Kier molecular flexibility index (Phi) is 37.9. The van der Waals surface area contributed by atoms with Crippen LogP contribution in [-0.4, -0.2) is 205 Å². The predicted molar refractivity (Wildman–Crippen MR) is 577 cm³/mol. The molecule has 0 fully saturated rings. The molecule has 12 aromatic carbocycles. The summed E-state index contributed by atoms with van der Waals surface area (Å²) in [5.41, 5.74) is 13.4. The third-order valence-electron chi connectivity index (χ3n) is 23.3. The van der Waals surface area contributed by atoms with E-state index in [1.807, 2.05) is 412 Å². The zero-order valence-electron chi connectivity index (χ0n) is 82.7. The van der Waals surface area contributed by atoms with Gasteiger partial charge in [0.1, 0.15) is 5.69 Å². The van der Waals surface area contributed by atoms with Gasteiger partial charge in [0.25, 0.3) is 5.91 Å². The smallest absolute Gasteiger partial charge is 0.390 e. The summed E-state index contributed by atoms with van der Waals surface area (Å²) in [6.07, 6.45) is 0.377. The zero-order chi connectivity index (χ0) is 100. The highest BCUT2D eigenvalue weighted by atomic mass is 16.6. The number of para-hydroxylation sites is 6. The van der Waals surface area contributed by atoms with Crippen molar-refractivity contribution in [3.05, 3.63) is 356 Å². The lowest BCUT2D eigenvalue weighted by molar-refractivity contribution is -0.136. The molecule has 0 saturated carbocycles. The van der Waals surface area contributed by atoms with Crippen LogP contribution in [0.15, 0.2) is 328 Å². The second-order valence-corrected chi connectivity index (χ2v) is 34.9. The summed E-state index contributed by atoms with van der Waals surface area (Å²) in [6.45, 7) is 22.9. The largest absolute Gasteiger partial charge is 0.416 e. The van der Waals surface area contributed by atoms with Crippen molar-refractivity contribution in [1.29, 1.82) is 0 Å². The van der Waals surface area contributed by atoms with Crippen LogP contribution in [0.2, 0.25) is 0 Å². The van der Waals surface area contributed by atoms with Crippen LogP contribution >= 0.6 is 0 Å². The van der Waals surface area contributed by atoms with E-state index in [9.17, 15) is 28.8 Å². The van der Waals surface area contributed by atoms with Gasteiger partial charge in [0, 0.05) is 141 Å². The molecule has 0 spiro atoms. The SMILES string of the molecule is C.C.CC(C)N(C(=O)Cc1nc(-c2ccccc2)nc2ccccc12)C(C)C.CCN(CC)C(=O)C(C)(C)c1nc(-c2ccccc2)nc2ccccc12.CCN(CC)C(=O)Cc1nc(-c2ccccc2)nc2ccccc12.CN(C)C(=O)Cc1nc(-c2ccccc2)nc2ccccc12.CN(C)C(=O)Oc1nc(-c2ccccc2)nc2ccccc12.CN(C)C(=O)c1nc(-c2ccccc2)nc2ccccc12. The van der Waals surface area contributed by atoms with Crippen LogP contribution < -0.4 is 4.74 Å². The quantitative estimate of drug-likeness (QED) is 0.0609. The Hall–Kier alpha value is -16.7. The lowest BCUT2D eigenvalue weighted by Gasteiger charge is -2.31. The molecule has 730 valence electrons. The maximum atomic E-state index is 13.2. The molecule has 0 atom stereocenters. The van der Waals surface area contributed by atoms with Gasteiger partial charge in [0.2, 0.25) is 29.5 Å². The summed E-state index contributed by atoms with van der Waals surface area (Å²) < 4.78 is 5.39. The fraction of sp³-hybridized carbons (Fsp3) is 0.237. The molecule has 0 aliphatic carbocycles. The molecule has 6 amide bonds. The van der Waals surface area contributed by atoms with Crippen molar-refractivity contribution in [3.8, 4) is 74.2 Å². The maximum Gasteiger partial charge on any atom is 0.416 e. The first-order valence-corrected chi connectivity index (χ1v) is 47.2. The van der Waals surface area contributed by atoms with Gasteiger partial charge < -0.3 is 34.1 Å². The summed E-state index contributed by atoms with van der Waals surface area (Å²) in [7, 11) is 10.2. The molecule has 25 heteroatoms. The van der Waals surface area contributed by atoms with Crippen molar-refractivity contribution < 1.29 is 33.5 Å². The Morgan fingerprint density at radius 1 is 0.280 bits per heavy atom. The molecule has 0 aliphatic heterocycles. The number of hydrogen-bond acceptors (Lipinski definition) is 19. The number of carbonyl (C=O) groups excluding carboxylic acids is 6. The molecule has 0 unspecified atom stereocenters. The van der Waals surface area contributed by atoms with Crippen LogP contribution in [0, 0.1) is 0 Å². The van der Waals surface area contributed by atoms with Gasteiger partial charge in [-0.15, -0.1) is 0 Å². The van der Waals surface area contributed by atoms with Gasteiger partial charge in [0.15, 0.2) is 34.9 Å². The van der Waals surface area contributed by atoms with Crippen molar-refractivity contribution in [2.75, 3.05) is 68.5 Å². The number of amides is 6. The summed E-state index contributed by atoms with van der Waals surface area (Å²) in [5, 5.41) is 5.22. The first-order valence-electron chi connectivity index (χ1n) is 47.2. The first-order chi connectivity index (χ1) is 68.1. The van der Waals surface area contributed by atoms with Crippen LogP contribution in [0.1, 0.15) is 117 Å². The van der Waals surface area contributed by atoms with Gasteiger partial charge in [-0.3, -0.25) is 24.0 Å². The van der Waals surface area contributed by atoms with Crippen LogP contribution in [0.4, 0.5) is 4.79 Å². The Bertz CT molecular complexity index is 7190. The van der Waals surface area contributed by atoms with Crippen LogP contribution in [-0.2, 0) is 43.9 Å². The molecular formula is C118H126N18O7. The average molecular weight is 1910 g/mol. The van der Waals surface area contributed by atoms with Crippen molar-refractivity contribution in [1.82, 2.24) is 89.2 Å². The standard InChI is InChI=1S/2C22H25N3O.C20H21N3O.C18H17N3O.C17H15N3O2.C17H15N3O.2CH4/c1-15(2)25(16(3)4)21(26)14-20-18-12-8-9-13-19(18)23-22(24-20)17-10-6-5-7-11-17;1-5-25(6-2)21(26)22(3,4)19-17-14-10-11-15-18(17)23-20(24-19)16-12-8-7-9-13-16;1-3-23(4-2)19(24)14-18-16-12-8-9-13-17(16)21-20(22-18)15-10-6-5-7-11-15;1-21(2)17(22)12-16-14-10-6-7-11-15(14)19-18(20-16)13-8-4-3-5-9-13;1-20(2)17(21)22-16-13-10-6-7-11-14(13)18-15(19-16)12-8-4-3-5-9-12;1-20(2)17(21)15-13-10-6-7-11-14(13)18-16(19-15)12-8-4-3-5-9-12;;/h5-13,15-16H,14H2,1-4H3;7-15H,5-6H2,1-4H3;5-13H,3-4,14H2,1-2H3;3-11H,12H2,1-2H3;3-11H,1-2H3;3-11H,1-2H3;2*1H4. The third kappa shape index (κ3) is 27.1. The first kappa shape index (κ1) is 107. The van der Waals surface area contributed by atoms with E-state index >= 15 is 0 Å². The summed E-state index contributed by atoms with van der Waals surface area (Å²) in [4.78, 5) is 141. The Balaban J connectivity index is 0.000000163. The van der Waals surface area contributed by atoms with E-state index in [0.29, 0.717) is 78.6 Å². The number of hydrogen-bond donors (Lipinski definition) is 0. The fourth-order valence-corrected chi connectivity index (χ4v) is 16.0. The molecule has 0 N–H and O–H groups in total. The lowest BCUT2D eigenvalue weighted by atomic mass is 9.84.